The summed E-state index contributed by atoms with van der Waals surface area (Å²) in [5, 5.41) is 3.63. The second-order valence-electron chi connectivity index (χ2n) is 4.78. The molecule has 1 fully saturated rings. The van der Waals surface area contributed by atoms with Crippen molar-refractivity contribution in [2.24, 2.45) is 5.92 Å². The molecule has 1 rings (SSSR count). The van der Waals surface area contributed by atoms with Crippen molar-refractivity contribution in [1.82, 2.24) is 5.32 Å². The van der Waals surface area contributed by atoms with Gasteiger partial charge in [0.1, 0.15) is 0 Å². The molecule has 0 aromatic rings. The molecule has 0 spiro atoms. The standard InChI is InChI=1S/C13H27N/c1-3-8-13(14-4-2)11-12-9-6-5-7-10-12/h12-14H,3-11H2,1-2H3. The van der Waals surface area contributed by atoms with Crippen LogP contribution in [0.15, 0.2) is 0 Å². The fourth-order valence-corrected chi connectivity index (χ4v) is 2.77. The molecule has 1 N–H and O–H groups in total. The van der Waals surface area contributed by atoms with Gasteiger partial charge in [-0.3, -0.25) is 0 Å². The molecule has 0 radical (unpaired) electrons. The maximum Gasteiger partial charge on any atom is 0.00694 e. The monoisotopic (exact) mass is 197 g/mol. The zero-order chi connectivity index (χ0) is 10.2. The lowest BCUT2D eigenvalue weighted by Gasteiger charge is -2.26. The Balaban J connectivity index is 2.21. The van der Waals surface area contributed by atoms with Crippen molar-refractivity contribution in [3.05, 3.63) is 0 Å². The molecule has 14 heavy (non-hydrogen) atoms. The van der Waals surface area contributed by atoms with Crippen LogP contribution in [0.1, 0.15) is 65.2 Å². The fraction of sp³-hybridized carbons (Fsp3) is 1.00. The minimum Gasteiger partial charge on any atom is -0.314 e. The van der Waals surface area contributed by atoms with Crippen LogP contribution in [-0.2, 0) is 0 Å². The van der Waals surface area contributed by atoms with E-state index in [9.17, 15) is 0 Å². The summed E-state index contributed by atoms with van der Waals surface area (Å²) in [5.74, 6) is 1.03. The van der Waals surface area contributed by atoms with Crippen molar-refractivity contribution >= 4 is 0 Å². The molecule has 0 heterocycles. The van der Waals surface area contributed by atoms with Gasteiger partial charge in [0.15, 0.2) is 0 Å². The van der Waals surface area contributed by atoms with Crippen molar-refractivity contribution in [2.45, 2.75) is 71.3 Å². The fourth-order valence-electron chi connectivity index (χ4n) is 2.77. The Morgan fingerprint density at radius 3 is 2.43 bits per heavy atom. The summed E-state index contributed by atoms with van der Waals surface area (Å²) in [4.78, 5) is 0. The van der Waals surface area contributed by atoms with Crippen molar-refractivity contribution in [1.29, 1.82) is 0 Å². The maximum atomic E-state index is 3.63. The zero-order valence-electron chi connectivity index (χ0n) is 10.0. The van der Waals surface area contributed by atoms with Crippen LogP contribution in [0.4, 0.5) is 0 Å². The first kappa shape index (κ1) is 12.0. The lowest BCUT2D eigenvalue weighted by atomic mass is 9.84. The molecule has 1 heteroatoms. The van der Waals surface area contributed by atoms with Crippen LogP contribution in [0.25, 0.3) is 0 Å². The van der Waals surface area contributed by atoms with E-state index < -0.39 is 0 Å². The lowest BCUT2D eigenvalue weighted by molar-refractivity contribution is 0.292. The van der Waals surface area contributed by atoms with Crippen molar-refractivity contribution in [2.75, 3.05) is 6.54 Å². The van der Waals surface area contributed by atoms with Gasteiger partial charge in [0.2, 0.25) is 0 Å². The SMILES string of the molecule is CCCC(CC1CCCCC1)NCC. The van der Waals surface area contributed by atoms with E-state index in [1.165, 1.54) is 51.4 Å². The molecule has 0 aromatic carbocycles. The number of hydrogen-bond donors (Lipinski definition) is 1. The normalized spacial score (nSPS) is 21.0. The number of hydrogen-bond acceptors (Lipinski definition) is 1. The van der Waals surface area contributed by atoms with E-state index >= 15 is 0 Å². The van der Waals surface area contributed by atoms with Gasteiger partial charge in [0, 0.05) is 6.04 Å². The molecule has 0 aliphatic heterocycles. The van der Waals surface area contributed by atoms with Crippen LogP contribution >= 0.6 is 0 Å². The van der Waals surface area contributed by atoms with E-state index in [4.69, 9.17) is 0 Å². The van der Waals surface area contributed by atoms with E-state index in [2.05, 4.69) is 19.2 Å². The third-order valence-electron chi connectivity index (χ3n) is 3.47. The van der Waals surface area contributed by atoms with Gasteiger partial charge < -0.3 is 5.32 Å². The molecule has 84 valence electrons. The molecular formula is C13H27N. The van der Waals surface area contributed by atoms with Gasteiger partial charge in [-0.15, -0.1) is 0 Å². The summed E-state index contributed by atoms with van der Waals surface area (Å²) in [6.45, 7) is 5.66. The highest BCUT2D eigenvalue weighted by molar-refractivity contribution is 4.74. The lowest BCUT2D eigenvalue weighted by Crippen LogP contribution is -2.31. The minimum atomic E-state index is 0.799. The first-order chi connectivity index (χ1) is 6.86. The maximum absolute atomic E-state index is 3.63. The van der Waals surface area contributed by atoms with Crippen molar-refractivity contribution in [3.63, 3.8) is 0 Å². The van der Waals surface area contributed by atoms with Gasteiger partial charge in [-0.05, 0) is 25.3 Å². The molecular weight excluding hydrogens is 170 g/mol. The van der Waals surface area contributed by atoms with Gasteiger partial charge in [0.25, 0.3) is 0 Å². The Labute approximate surface area is 89.7 Å². The van der Waals surface area contributed by atoms with Crippen LogP contribution < -0.4 is 5.32 Å². The van der Waals surface area contributed by atoms with Gasteiger partial charge in [0.05, 0.1) is 0 Å². The summed E-state index contributed by atoms with van der Waals surface area (Å²) >= 11 is 0. The average Bonchev–Trinajstić information content (AvgIpc) is 2.20. The highest BCUT2D eigenvalue weighted by Crippen LogP contribution is 2.28. The number of rotatable bonds is 6. The van der Waals surface area contributed by atoms with Crippen LogP contribution in [-0.4, -0.2) is 12.6 Å². The number of nitrogens with one attached hydrogen (secondary N) is 1. The Morgan fingerprint density at radius 2 is 1.86 bits per heavy atom. The summed E-state index contributed by atoms with van der Waals surface area (Å²) in [6, 6.07) is 0.799. The average molecular weight is 197 g/mol. The zero-order valence-corrected chi connectivity index (χ0v) is 10.0. The Hall–Kier alpha value is -0.0400. The van der Waals surface area contributed by atoms with Crippen molar-refractivity contribution in [3.8, 4) is 0 Å². The molecule has 0 amide bonds. The molecule has 1 saturated carbocycles. The van der Waals surface area contributed by atoms with Crippen molar-refractivity contribution < 1.29 is 0 Å². The van der Waals surface area contributed by atoms with Gasteiger partial charge in [-0.2, -0.15) is 0 Å². The van der Waals surface area contributed by atoms with E-state index in [1.54, 1.807) is 0 Å². The molecule has 0 saturated heterocycles. The van der Waals surface area contributed by atoms with E-state index in [0.717, 1.165) is 18.5 Å². The van der Waals surface area contributed by atoms with Gasteiger partial charge in [-0.1, -0.05) is 52.4 Å². The summed E-state index contributed by atoms with van der Waals surface area (Å²) in [6.07, 6.45) is 11.6. The Bertz CT molecular complexity index is 121. The molecule has 1 aliphatic carbocycles. The molecule has 1 aliphatic rings. The van der Waals surface area contributed by atoms with Crippen LogP contribution in [0.5, 0.6) is 0 Å². The smallest absolute Gasteiger partial charge is 0.00694 e. The second-order valence-corrected chi connectivity index (χ2v) is 4.78. The topological polar surface area (TPSA) is 12.0 Å². The van der Waals surface area contributed by atoms with E-state index in [1.807, 2.05) is 0 Å². The molecule has 0 bridgehead atoms. The summed E-state index contributed by atoms with van der Waals surface area (Å²) < 4.78 is 0. The van der Waals surface area contributed by atoms with E-state index in [0.29, 0.717) is 0 Å². The third-order valence-corrected chi connectivity index (χ3v) is 3.47. The Morgan fingerprint density at radius 1 is 1.14 bits per heavy atom. The predicted molar refractivity (Wildman–Crippen MR) is 63.6 cm³/mol. The molecule has 0 aromatic heterocycles. The van der Waals surface area contributed by atoms with Gasteiger partial charge in [-0.25, -0.2) is 0 Å². The first-order valence-electron chi connectivity index (χ1n) is 6.60. The van der Waals surface area contributed by atoms with Crippen LogP contribution in [0.3, 0.4) is 0 Å². The quantitative estimate of drug-likeness (QED) is 0.684. The second kappa shape index (κ2) is 7.28. The third kappa shape index (κ3) is 4.45. The summed E-state index contributed by atoms with van der Waals surface area (Å²) in [5.41, 5.74) is 0. The van der Waals surface area contributed by atoms with E-state index in [-0.39, 0.29) is 0 Å². The van der Waals surface area contributed by atoms with Gasteiger partial charge >= 0.3 is 0 Å². The highest BCUT2D eigenvalue weighted by atomic mass is 14.9. The summed E-state index contributed by atoms with van der Waals surface area (Å²) in [7, 11) is 0. The molecule has 1 atom stereocenters. The van der Waals surface area contributed by atoms with Crippen LogP contribution in [0.2, 0.25) is 0 Å². The Kier molecular flexibility index (Phi) is 6.25. The van der Waals surface area contributed by atoms with Crippen LogP contribution in [0, 0.1) is 5.92 Å². The minimum absolute atomic E-state index is 0.799. The first-order valence-corrected chi connectivity index (χ1v) is 6.60. The largest absolute Gasteiger partial charge is 0.314 e. The molecule has 1 nitrogen and oxygen atoms in total. The highest BCUT2D eigenvalue weighted by Gasteiger charge is 2.17. The molecule has 1 unspecified atom stereocenters. The predicted octanol–water partition coefficient (Wildman–Crippen LogP) is 3.74.